The maximum absolute atomic E-state index is 12.1. The highest BCUT2D eigenvalue weighted by molar-refractivity contribution is 6.01. The van der Waals surface area contributed by atoms with Crippen molar-refractivity contribution in [1.82, 2.24) is 0 Å². The molecule has 0 radical (unpaired) electrons. The van der Waals surface area contributed by atoms with Crippen LogP contribution in [0.15, 0.2) is 41.0 Å². The van der Waals surface area contributed by atoms with E-state index in [9.17, 15) is 9.59 Å². The Balaban J connectivity index is 2.05. The summed E-state index contributed by atoms with van der Waals surface area (Å²) >= 11 is 0. The van der Waals surface area contributed by atoms with Gasteiger partial charge in [0.25, 0.3) is 0 Å². The van der Waals surface area contributed by atoms with Crippen LogP contribution in [0.25, 0.3) is 0 Å². The highest BCUT2D eigenvalue weighted by Gasteiger charge is 2.17. The summed E-state index contributed by atoms with van der Waals surface area (Å²) in [6.45, 7) is -0.401. The van der Waals surface area contributed by atoms with Crippen molar-refractivity contribution >= 4 is 11.8 Å². The Morgan fingerprint density at radius 1 is 1.14 bits per heavy atom. The lowest BCUT2D eigenvalue weighted by Crippen LogP contribution is -2.14. The standard InChI is InChI=1S/C15H14O6/c1-18-10-5-6-11(14(8-10)19-2)12(16)9-21-15(17)13-4-3-7-20-13/h3-8H,9H2,1-2H3. The quantitative estimate of drug-likeness (QED) is 0.600. The van der Waals surface area contributed by atoms with Gasteiger partial charge in [0.05, 0.1) is 26.0 Å². The van der Waals surface area contributed by atoms with Crippen molar-refractivity contribution in [3.63, 3.8) is 0 Å². The number of methoxy groups -OCH3 is 2. The van der Waals surface area contributed by atoms with Gasteiger partial charge in [0, 0.05) is 6.07 Å². The van der Waals surface area contributed by atoms with Crippen molar-refractivity contribution in [2.75, 3.05) is 20.8 Å². The van der Waals surface area contributed by atoms with Gasteiger partial charge in [-0.05, 0) is 24.3 Å². The highest BCUT2D eigenvalue weighted by Crippen LogP contribution is 2.25. The van der Waals surface area contributed by atoms with Crippen molar-refractivity contribution in [3.05, 3.63) is 47.9 Å². The summed E-state index contributed by atoms with van der Waals surface area (Å²) in [5, 5.41) is 0. The van der Waals surface area contributed by atoms with Gasteiger partial charge in [-0.25, -0.2) is 4.79 Å². The fourth-order valence-electron chi connectivity index (χ4n) is 1.70. The molecule has 1 aromatic carbocycles. The van der Waals surface area contributed by atoms with Crippen LogP contribution in [0.3, 0.4) is 0 Å². The van der Waals surface area contributed by atoms with E-state index in [1.54, 1.807) is 24.3 Å². The maximum Gasteiger partial charge on any atom is 0.374 e. The fraction of sp³-hybridized carbons (Fsp3) is 0.200. The molecule has 0 bridgehead atoms. The Kier molecular flexibility index (Phi) is 4.61. The van der Waals surface area contributed by atoms with Gasteiger partial charge in [-0.3, -0.25) is 4.79 Å². The van der Waals surface area contributed by atoms with Crippen LogP contribution in [0, 0.1) is 0 Å². The number of rotatable bonds is 6. The zero-order valence-electron chi connectivity index (χ0n) is 11.6. The monoisotopic (exact) mass is 290 g/mol. The van der Waals surface area contributed by atoms with E-state index in [2.05, 4.69) is 0 Å². The van der Waals surface area contributed by atoms with E-state index >= 15 is 0 Å². The third-order valence-corrected chi connectivity index (χ3v) is 2.77. The zero-order valence-corrected chi connectivity index (χ0v) is 11.6. The van der Waals surface area contributed by atoms with Crippen LogP contribution >= 0.6 is 0 Å². The number of hydrogen-bond acceptors (Lipinski definition) is 6. The smallest absolute Gasteiger partial charge is 0.374 e. The van der Waals surface area contributed by atoms with E-state index in [-0.39, 0.29) is 11.5 Å². The van der Waals surface area contributed by atoms with E-state index in [4.69, 9.17) is 18.6 Å². The lowest BCUT2D eigenvalue weighted by molar-refractivity contribution is 0.0443. The molecule has 0 saturated heterocycles. The first kappa shape index (κ1) is 14.6. The lowest BCUT2D eigenvalue weighted by atomic mass is 10.1. The number of carbonyl (C=O) groups is 2. The van der Waals surface area contributed by atoms with Crippen LogP contribution in [-0.4, -0.2) is 32.6 Å². The molecule has 1 aromatic heterocycles. The van der Waals surface area contributed by atoms with E-state index in [1.807, 2.05) is 0 Å². The first-order valence-electron chi connectivity index (χ1n) is 6.11. The Hall–Kier alpha value is -2.76. The molecule has 0 spiro atoms. The van der Waals surface area contributed by atoms with Crippen LogP contribution in [0.2, 0.25) is 0 Å². The molecule has 0 fully saturated rings. The van der Waals surface area contributed by atoms with Crippen LogP contribution in [0.4, 0.5) is 0 Å². The molecular formula is C15H14O6. The summed E-state index contributed by atoms with van der Waals surface area (Å²) in [6.07, 6.45) is 1.35. The molecule has 1 heterocycles. The number of carbonyl (C=O) groups excluding carboxylic acids is 2. The van der Waals surface area contributed by atoms with Crippen LogP contribution in [0.5, 0.6) is 11.5 Å². The summed E-state index contributed by atoms with van der Waals surface area (Å²) in [6, 6.07) is 7.79. The van der Waals surface area contributed by atoms with Gasteiger partial charge >= 0.3 is 5.97 Å². The van der Waals surface area contributed by atoms with Gasteiger partial charge in [0.15, 0.2) is 6.61 Å². The molecule has 0 aliphatic rings. The van der Waals surface area contributed by atoms with E-state index < -0.39 is 12.6 Å². The number of benzene rings is 1. The zero-order chi connectivity index (χ0) is 15.2. The van der Waals surface area contributed by atoms with E-state index in [0.717, 1.165) is 0 Å². The molecule has 110 valence electrons. The van der Waals surface area contributed by atoms with E-state index in [0.29, 0.717) is 17.1 Å². The number of Topliss-reactive ketones (excluding diaryl/α,β-unsaturated/α-hetero) is 1. The fourth-order valence-corrected chi connectivity index (χ4v) is 1.70. The van der Waals surface area contributed by atoms with E-state index in [1.165, 1.54) is 26.5 Å². The second-order valence-corrected chi connectivity index (χ2v) is 4.04. The van der Waals surface area contributed by atoms with Gasteiger partial charge in [-0.15, -0.1) is 0 Å². The Bertz CT molecular complexity index is 630. The van der Waals surface area contributed by atoms with Gasteiger partial charge in [-0.1, -0.05) is 0 Å². The molecule has 0 amide bonds. The molecule has 0 aliphatic heterocycles. The van der Waals surface area contributed by atoms with Gasteiger partial charge < -0.3 is 18.6 Å². The van der Waals surface area contributed by atoms with Crippen molar-refractivity contribution in [2.24, 2.45) is 0 Å². The van der Waals surface area contributed by atoms with Crippen LogP contribution < -0.4 is 9.47 Å². The minimum atomic E-state index is -0.694. The number of ketones is 1. The van der Waals surface area contributed by atoms with Crippen LogP contribution in [0.1, 0.15) is 20.9 Å². The largest absolute Gasteiger partial charge is 0.497 e. The molecule has 0 unspecified atom stereocenters. The average Bonchev–Trinajstić information content (AvgIpc) is 3.06. The highest BCUT2D eigenvalue weighted by atomic mass is 16.5. The summed E-state index contributed by atoms with van der Waals surface area (Å²) in [4.78, 5) is 23.6. The topological polar surface area (TPSA) is 75.0 Å². The normalized spacial score (nSPS) is 10.0. The maximum atomic E-state index is 12.1. The molecule has 0 aliphatic carbocycles. The SMILES string of the molecule is COc1ccc(C(=O)COC(=O)c2ccco2)c(OC)c1. The molecular weight excluding hydrogens is 276 g/mol. The minimum absolute atomic E-state index is 0.0458. The first-order valence-corrected chi connectivity index (χ1v) is 6.11. The molecule has 2 rings (SSSR count). The second kappa shape index (κ2) is 6.60. The van der Waals surface area contributed by atoms with Gasteiger partial charge in [-0.2, -0.15) is 0 Å². The first-order chi connectivity index (χ1) is 10.2. The number of ether oxygens (including phenoxy) is 3. The van der Waals surface area contributed by atoms with Crippen molar-refractivity contribution < 1.29 is 28.2 Å². The summed E-state index contributed by atoms with van der Waals surface area (Å²) in [5.41, 5.74) is 0.311. The number of hydrogen-bond donors (Lipinski definition) is 0. The molecule has 21 heavy (non-hydrogen) atoms. The predicted molar refractivity (Wildman–Crippen MR) is 72.9 cm³/mol. The minimum Gasteiger partial charge on any atom is -0.497 e. The molecule has 0 saturated carbocycles. The summed E-state index contributed by atoms with van der Waals surface area (Å²) in [7, 11) is 2.96. The Morgan fingerprint density at radius 2 is 1.95 bits per heavy atom. The third-order valence-electron chi connectivity index (χ3n) is 2.77. The van der Waals surface area contributed by atoms with Crippen molar-refractivity contribution in [3.8, 4) is 11.5 Å². The summed E-state index contributed by atoms with van der Waals surface area (Å²) < 4.78 is 19.9. The third kappa shape index (κ3) is 3.42. The number of furan rings is 1. The van der Waals surface area contributed by atoms with Crippen molar-refractivity contribution in [1.29, 1.82) is 0 Å². The Labute approximate surface area is 121 Å². The van der Waals surface area contributed by atoms with Gasteiger partial charge in [0.1, 0.15) is 11.5 Å². The van der Waals surface area contributed by atoms with Crippen LogP contribution in [-0.2, 0) is 4.74 Å². The molecule has 6 heteroatoms. The molecule has 6 nitrogen and oxygen atoms in total. The second-order valence-electron chi connectivity index (χ2n) is 4.04. The number of esters is 1. The summed E-state index contributed by atoms with van der Waals surface area (Å²) in [5.74, 6) is -0.107. The molecule has 2 aromatic rings. The van der Waals surface area contributed by atoms with Crippen molar-refractivity contribution in [2.45, 2.75) is 0 Å². The Morgan fingerprint density at radius 3 is 2.57 bits per heavy atom. The molecule has 0 atom stereocenters. The lowest BCUT2D eigenvalue weighted by Gasteiger charge is -2.09. The predicted octanol–water partition coefficient (Wildman–Crippen LogP) is 2.34. The average molecular weight is 290 g/mol. The molecule has 0 N–H and O–H groups in total. The van der Waals surface area contributed by atoms with Gasteiger partial charge in [0.2, 0.25) is 11.5 Å².